The number of unbranched alkanes of at least 4 members (excludes halogenated alkanes) is 14. The van der Waals surface area contributed by atoms with E-state index in [1.807, 2.05) is 0 Å². The van der Waals surface area contributed by atoms with E-state index in [0.29, 0.717) is 6.10 Å². The minimum Gasteiger partial charge on any atom is -0.499 e. The molecule has 1 heteroatoms. The lowest BCUT2D eigenvalue weighted by Gasteiger charge is -2.16. The summed E-state index contributed by atoms with van der Waals surface area (Å²) in [4.78, 5) is 0. The maximum absolute atomic E-state index is 5.72. The summed E-state index contributed by atoms with van der Waals surface area (Å²) in [5.74, 6) is 0. The van der Waals surface area contributed by atoms with E-state index in [2.05, 4.69) is 20.4 Å². The van der Waals surface area contributed by atoms with Crippen molar-refractivity contribution in [1.82, 2.24) is 0 Å². The molecule has 0 saturated heterocycles. The Balaban J connectivity index is 3.42. The fourth-order valence-corrected chi connectivity index (χ4v) is 3.43. The Bertz CT molecular complexity index is 236. The molecule has 1 unspecified atom stereocenters. The van der Waals surface area contributed by atoms with Crippen molar-refractivity contribution in [3.05, 3.63) is 12.8 Å². The molecule has 0 heterocycles. The first-order chi connectivity index (χ1) is 11.8. The number of hydrogen-bond donors (Lipinski definition) is 0. The van der Waals surface area contributed by atoms with Crippen molar-refractivity contribution in [2.75, 3.05) is 0 Å². The van der Waals surface area contributed by atoms with Crippen LogP contribution >= 0.6 is 0 Å². The van der Waals surface area contributed by atoms with E-state index in [1.165, 1.54) is 116 Å². The van der Waals surface area contributed by atoms with Gasteiger partial charge in [-0.2, -0.15) is 0 Å². The molecule has 0 rings (SSSR count). The predicted octanol–water partition coefficient (Wildman–Crippen LogP) is 8.58. The van der Waals surface area contributed by atoms with E-state index in [1.54, 1.807) is 6.26 Å². The fraction of sp³-hybridized carbons (Fsp3) is 0.913. The van der Waals surface area contributed by atoms with Crippen molar-refractivity contribution >= 4 is 0 Å². The maximum atomic E-state index is 5.72. The first-order valence-electron chi connectivity index (χ1n) is 11.1. The smallest absolute Gasteiger partial charge is 0.0978 e. The van der Waals surface area contributed by atoms with E-state index in [-0.39, 0.29) is 0 Å². The van der Waals surface area contributed by atoms with Gasteiger partial charge in [-0.1, -0.05) is 110 Å². The normalized spacial score (nSPS) is 12.2. The molecular weight excluding hydrogens is 292 g/mol. The molecule has 0 aliphatic rings. The molecule has 1 nitrogen and oxygen atoms in total. The van der Waals surface area contributed by atoms with Gasteiger partial charge in [0.1, 0.15) is 0 Å². The summed E-state index contributed by atoms with van der Waals surface area (Å²) in [5.41, 5.74) is 0. The van der Waals surface area contributed by atoms with Crippen LogP contribution in [-0.2, 0) is 4.74 Å². The Morgan fingerprint density at radius 3 is 1.25 bits per heavy atom. The van der Waals surface area contributed by atoms with E-state index < -0.39 is 0 Å². The van der Waals surface area contributed by atoms with Gasteiger partial charge >= 0.3 is 0 Å². The SMILES string of the molecule is C=COC(CCCCCCCC)CCCCCCCCCCCC. The molecule has 0 radical (unpaired) electrons. The van der Waals surface area contributed by atoms with E-state index in [4.69, 9.17) is 4.74 Å². The molecule has 0 aromatic carbocycles. The Morgan fingerprint density at radius 1 is 0.583 bits per heavy atom. The topological polar surface area (TPSA) is 9.23 Å². The fourth-order valence-electron chi connectivity index (χ4n) is 3.43. The number of hydrogen-bond acceptors (Lipinski definition) is 1. The van der Waals surface area contributed by atoms with E-state index in [9.17, 15) is 0 Å². The second-order valence-electron chi connectivity index (χ2n) is 7.45. The van der Waals surface area contributed by atoms with Gasteiger partial charge in [-0.3, -0.25) is 0 Å². The van der Waals surface area contributed by atoms with Crippen molar-refractivity contribution in [3.63, 3.8) is 0 Å². The molecule has 0 aliphatic heterocycles. The van der Waals surface area contributed by atoms with Crippen LogP contribution in [0.25, 0.3) is 0 Å². The summed E-state index contributed by atoms with van der Waals surface area (Å²) in [6.07, 6.45) is 26.8. The molecule has 0 N–H and O–H groups in total. The minimum absolute atomic E-state index is 0.419. The molecule has 0 aromatic rings. The van der Waals surface area contributed by atoms with Gasteiger partial charge in [-0.25, -0.2) is 0 Å². The molecule has 1 atom stereocenters. The molecule has 0 aromatic heterocycles. The van der Waals surface area contributed by atoms with Gasteiger partial charge in [0.25, 0.3) is 0 Å². The van der Waals surface area contributed by atoms with Crippen LogP contribution in [0.1, 0.15) is 129 Å². The van der Waals surface area contributed by atoms with Crippen LogP contribution in [0.5, 0.6) is 0 Å². The monoisotopic (exact) mass is 338 g/mol. The van der Waals surface area contributed by atoms with Crippen molar-refractivity contribution < 1.29 is 4.74 Å². The van der Waals surface area contributed by atoms with Gasteiger partial charge < -0.3 is 4.74 Å². The van der Waals surface area contributed by atoms with Gasteiger partial charge in [-0.05, 0) is 25.7 Å². The third-order valence-corrected chi connectivity index (χ3v) is 5.05. The highest BCUT2D eigenvalue weighted by Gasteiger charge is 2.07. The van der Waals surface area contributed by atoms with Crippen LogP contribution in [0.15, 0.2) is 12.8 Å². The molecule has 0 amide bonds. The molecule has 0 spiro atoms. The predicted molar refractivity (Wildman–Crippen MR) is 110 cm³/mol. The summed E-state index contributed by atoms with van der Waals surface area (Å²) in [7, 11) is 0. The number of ether oxygens (including phenoxy) is 1. The zero-order valence-electron chi connectivity index (χ0n) is 17.0. The summed E-state index contributed by atoms with van der Waals surface area (Å²) < 4.78 is 5.72. The summed E-state index contributed by atoms with van der Waals surface area (Å²) >= 11 is 0. The van der Waals surface area contributed by atoms with Crippen molar-refractivity contribution in [1.29, 1.82) is 0 Å². The second-order valence-corrected chi connectivity index (χ2v) is 7.45. The Kier molecular flexibility index (Phi) is 20.2. The Morgan fingerprint density at radius 2 is 0.917 bits per heavy atom. The van der Waals surface area contributed by atoms with Crippen LogP contribution in [0.3, 0.4) is 0 Å². The molecular formula is C23H46O. The van der Waals surface area contributed by atoms with Crippen molar-refractivity contribution in [2.24, 2.45) is 0 Å². The van der Waals surface area contributed by atoms with Crippen LogP contribution in [0.4, 0.5) is 0 Å². The van der Waals surface area contributed by atoms with Crippen LogP contribution < -0.4 is 0 Å². The quantitative estimate of drug-likeness (QED) is 0.159. The lowest BCUT2D eigenvalue weighted by molar-refractivity contribution is 0.121. The second kappa shape index (κ2) is 20.6. The van der Waals surface area contributed by atoms with Crippen LogP contribution in [0, 0.1) is 0 Å². The Labute approximate surface area is 153 Å². The van der Waals surface area contributed by atoms with E-state index >= 15 is 0 Å². The first kappa shape index (κ1) is 23.5. The zero-order chi connectivity index (χ0) is 17.7. The molecule has 0 saturated carbocycles. The van der Waals surface area contributed by atoms with Gasteiger partial charge in [0.05, 0.1) is 12.4 Å². The van der Waals surface area contributed by atoms with Gasteiger partial charge in [0.15, 0.2) is 0 Å². The van der Waals surface area contributed by atoms with Gasteiger partial charge in [0.2, 0.25) is 0 Å². The average molecular weight is 339 g/mol. The lowest BCUT2D eigenvalue weighted by atomic mass is 10.0. The third-order valence-electron chi connectivity index (χ3n) is 5.05. The standard InChI is InChI=1S/C23H46O/c1-4-7-9-11-13-14-15-16-18-20-22-23(24-6-3)21-19-17-12-10-8-5-2/h6,23H,3-5,7-22H2,1-2H3. The number of rotatable bonds is 20. The highest BCUT2D eigenvalue weighted by atomic mass is 16.5. The zero-order valence-corrected chi connectivity index (χ0v) is 17.0. The van der Waals surface area contributed by atoms with Crippen molar-refractivity contribution in [2.45, 2.75) is 136 Å². The highest BCUT2D eigenvalue weighted by molar-refractivity contribution is 4.64. The summed E-state index contributed by atoms with van der Waals surface area (Å²) in [6, 6.07) is 0. The summed E-state index contributed by atoms with van der Waals surface area (Å²) in [5, 5.41) is 0. The van der Waals surface area contributed by atoms with Gasteiger partial charge in [0, 0.05) is 0 Å². The van der Waals surface area contributed by atoms with Gasteiger partial charge in [-0.15, -0.1) is 0 Å². The Hall–Kier alpha value is -0.460. The van der Waals surface area contributed by atoms with Crippen LogP contribution in [-0.4, -0.2) is 6.10 Å². The first-order valence-corrected chi connectivity index (χ1v) is 11.1. The molecule has 24 heavy (non-hydrogen) atoms. The van der Waals surface area contributed by atoms with E-state index in [0.717, 1.165) is 0 Å². The van der Waals surface area contributed by atoms with Crippen LogP contribution in [0.2, 0.25) is 0 Å². The van der Waals surface area contributed by atoms with Crippen molar-refractivity contribution in [3.8, 4) is 0 Å². The lowest BCUT2D eigenvalue weighted by Crippen LogP contribution is -2.09. The maximum Gasteiger partial charge on any atom is 0.0978 e. The average Bonchev–Trinajstić information content (AvgIpc) is 2.59. The molecule has 144 valence electrons. The molecule has 0 bridgehead atoms. The summed E-state index contributed by atoms with van der Waals surface area (Å²) in [6.45, 7) is 8.31. The molecule has 0 fully saturated rings. The third kappa shape index (κ3) is 17.9. The minimum atomic E-state index is 0.419. The molecule has 0 aliphatic carbocycles. The largest absolute Gasteiger partial charge is 0.499 e. The highest BCUT2D eigenvalue weighted by Crippen LogP contribution is 2.17.